The summed E-state index contributed by atoms with van der Waals surface area (Å²) in [5.74, 6) is -0.693. The van der Waals surface area contributed by atoms with Crippen LogP contribution in [0.25, 0.3) is 6.08 Å². The summed E-state index contributed by atoms with van der Waals surface area (Å²) in [6, 6.07) is 12.5. The van der Waals surface area contributed by atoms with E-state index in [1.807, 2.05) is 32.0 Å². The lowest BCUT2D eigenvalue weighted by atomic mass is 10.00. The zero-order valence-corrected chi connectivity index (χ0v) is 12.8. The largest absolute Gasteiger partial charge is 0.454 e. The Labute approximate surface area is 130 Å². The van der Waals surface area contributed by atoms with Crippen molar-refractivity contribution in [2.75, 3.05) is 6.61 Å². The summed E-state index contributed by atoms with van der Waals surface area (Å²) in [7, 11) is 0. The first kappa shape index (κ1) is 15.7. The molecule has 0 aliphatic carbocycles. The Balaban J connectivity index is 2.04. The maximum Gasteiger partial charge on any atom is 0.338 e. The molecule has 0 aromatic heterocycles. The highest BCUT2D eigenvalue weighted by Crippen LogP contribution is 2.14. The predicted molar refractivity (Wildman–Crippen MR) is 87.1 cm³/mol. The first-order valence-corrected chi connectivity index (χ1v) is 7.02. The average Bonchev–Trinajstić information content (AvgIpc) is 2.52. The summed E-state index contributed by atoms with van der Waals surface area (Å²) in [5.41, 5.74) is 3.73. The Bertz CT molecular complexity index is 692. The standard InChI is InChI=1S/C19H18O3/c1-4-15-8-10-16(11-9-15)19(21)22-12-17(20)18-13(2)6-5-7-14(18)3/h4-11H,1,12H2,2-3H3. The molecule has 0 aliphatic rings. The van der Waals surface area contributed by atoms with Gasteiger partial charge in [-0.05, 0) is 42.7 Å². The van der Waals surface area contributed by atoms with Gasteiger partial charge < -0.3 is 4.74 Å². The summed E-state index contributed by atoms with van der Waals surface area (Å²) in [6.45, 7) is 7.14. The third-order valence-electron chi connectivity index (χ3n) is 3.48. The monoisotopic (exact) mass is 294 g/mol. The SMILES string of the molecule is C=Cc1ccc(C(=O)OCC(=O)c2c(C)cccc2C)cc1. The average molecular weight is 294 g/mol. The summed E-state index contributed by atoms with van der Waals surface area (Å²) < 4.78 is 5.11. The van der Waals surface area contributed by atoms with Crippen LogP contribution < -0.4 is 0 Å². The fourth-order valence-corrected chi connectivity index (χ4v) is 2.30. The van der Waals surface area contributed by atoms with Crippen LogP contribution in [0.3, 0.4) is 0 Å². The minimum Gasteiger partial charge on any atom is -0.454 e. The van der Waals surface area contributed by atoms with Gasteiger partial charge in [-0.1, -0.05) is 43.0 Å². The molecule has 0 aliphatic heterocycles. The normalized spacial score (nSPS) is 10.1. The molecular weight excluding hydrogens is 276 g/mol. The molecule has 0 heterocycles. The molecule has 0 saturated heterocycles. The van der Waals surface area contributed by atoms with Gasteiger partial charge in [0, 0.05) is 5.56 Å². The molecule has 2 rings (SSSR count). The molecule has 0 bridgehead atoms. The fraction of sp³-hybridized carbons (Fsp3) is 0.158. The summed E-state index contributed by atoms with van der Waals surface area (Å²) in [5, 5.41) is 0. The molecule has 2 aromatic rings. The van der Waals surface area contributed by atoms with Crippen molar-refractivity contribution < 1.29 is 14.3 Å². The highest BCUT2D eigenvalue weighted by molar-refractivity contribution is 6.01. The molecule has 112 valence electrons. The van der Waals surface area contributed by atoms with Crippen LogP contribution in [0.15, 0.2) is 49.0 Å². The van der Waals surface area contributed by atoms with Crippen molar-refractivity contribution in [2.45, 2.75) is 13.8 Å². The molecule has 0 atom stereocenters. The van der Waals surface area contributed by atoms with Gasteiger partial charge in [-0.3, -0.25) is 4.79 Å². The molecule has 0 spiro atoms. The predicted octanol–water partition coefficient (Wildman–Crippen LogP) is 3.99. The number of ketones is 1. The molecule has 0 saturated carbocycles. The zero-order valence-electron chi connectivity index (χ0n) is 12.8. The van der Waals surface area contributed by atoms with Gasteiger partial charge in [0.1, 0.15) is 0 Å². The van der Waals surface area contributed by atoms with Crippen molar-refractivity contribution in [3.63, 3.8) is 0 Å². The van der Waals surface area contributed by atoms with Crippen LogP contribution in [0.4, 0.5) is 0 Å². The van der Waals surface area contributed by atoms with Crippen molar-refractivity contribution in [3.8, 4) is 0 Å². The van der Waals surface area contributed by atoms with Crippen molar-refractivity contribution in [1.29, 1.82) is 0 Å². The summed E-state index contributed by atoms with van der Waals surface area (Å²) in [6.07, 6.45) is 1.69. The minimum absolute atomic E-state index is 0.188. The Hall–Kier alpha value is -2.68. The lowest BCUT2D eigenvalue weighted by Gasteiger charge is -2.09. The number of Topliss-reactive ketones (excluding diaryl/α,β-unsaturated/α-hetero) is 1. The number of rotatable bonds is 5. The van der Waals surface area contributed by atoms with E-state index in [1.54, 1.807) is 30.3 Å². The first-order valence-electron chi connectivity index (χ1n) is 7.02. The van der Waals surface area contributed by atoms with Crippen LogP contribution in [0.5, 0.6) is 0 Å². The van der Waals surface area contributed by atoms with E-state index in [0.29, 0.717) is 11.1 Å². The third-order valence-corrected chi connectivity index (χ3v) is 3.48. The lowest BCUT2D eigenvalue weighted by Crippen LogP contribution is -2.16. The van der Waals surface area contributed by atoms with Crippen LogP contribution in [-0.4, -0.2) is 18.4 Å². The highest BCUT2D eigenvalue weighted by atomic mass is 16.5. The first-order chi connectivity index (χ1) is 10.5. The Morgan fingerprint density at radius 2 is 1.64 bits per heavy atom. The molecule has 3 nitrogen and oxygen atoms in total. The van der Waals surface area contributed by atoms with Crippen LogP contribution in [0.1, 0.15) is 37.4 Å². The molecule has 0 amide bonds. The molecule has 2 aromatic carbocycles. The summed E-state index contributed by atoms with van der Waals surface area (Å²) in [4.78, 5) is 24.2. The van der Waals surface area contributed by atoms with Crippen molar-refractivity contribution >= 4 is 17.8 Å². The molecule has 0 fully saturated rings. The second-order valence-electron chi connectivity index (χ2n) is 5.09. The highest BCUT2D eigenvalue weighted by Gasteiger charge is 2.15. The molecule has 3 heteroatoms. The van der Waals surface area contributed by atoms with E-state index in [-0.39, 0.29) is 12.4 Å². The van der Waals surface area contributed by atoms with Crippen LogP contribution in [0.2, 0.25) is 0 Å². The van der Waals surface area contributed by atoms with Crippen LogP contribution in [0, 0.1) is 13.8 Å². The Morgan fingerprint density at radius 3 is 2.18 bits per heavy atom. The van der Waals surface area contributed by atoms with Gasteiger partial charge in [0.05, 0.1) is 5.56 Å². The van der Waals surface area contributed by atoms with Gasteiger partial charge in [-0.25, -0.2) is 4.79 Å². The fourth-order valence-electron chi connectivity index (χ4n) is 2.30. The third kappa shape index (κ3) is 3.50. The van der Waals surface area contributed by atoms with Gasteiger partial charge in [-0.15, -0.1) is 0 Å². The van der Waals surface area contributed by atoms with Gasteiger partial charge in [0.15, 0.2) is 6.61 Å². The van der Waals surface area contributed by atoms with Gasteiger partial charge in [-0.2, -0.15) is 0 Å². The smallest absolute Gasteiger partial charge is 0.338 e. The van der Waals surface area contributed by atoms with Crippen LogP contribution >= 0.6 is 0 Å². The number of carbonyl (C=O) groups is 2. The zero-order chi connectivity index (χ0) is 16.1. The second-order valence-corrected chi connectivity index (χ2v) is 5.09. The molecule has 0 unspecified atom stereocenters. The molecule has 0 radical (unpaired) electrons. The van der Waals surface area contributed by atoms with E-state index in [2.05, 4.69) is 6.58 Å². The van der Waals surface area contributed by atoms with Crippen molar-refractivity contribution in [1.82, 2.24) is 0 Å². The number of hydrogen-bond donors (Lipinski definition) is 0. The van der Waals surface area contributed by atoms with E-state index < -0.39 is 5.97 Å². The van der Waals surface area contributed by atoms with Crippen LogP contribution in [-0.2, 0) is 4.74 Å². The van der Waals surface area contributed by atoms with Gasteiger partial charge in [0.25, 0.3) is 0 Å². The van der Waals surface area contributed by atoms with Crippen molar-refractivity contribution in [3.05, 3.63) is 76.9 Å². The van der Waals surface area contributed by atoms with E-state index in [9.17, 15) is 9.59 Å². The van der Waals surface area contributed by atoms with E-state index in [1.165, 1.54) is 0 Å². The minimum atomic E-state index is -0.504. The van der Waals surface area contributed by atoms with Gasteiger partial charge >= 0.3 is 5.97 Å². The lowest BCUT2D eigenvalue weighted by molar-refractivity contribution is 0.0474. The number of hydrogen-bond acceptors (Lipinski definition) is 3. The Morgan fingerprint density at radius 1 is 1.05 bits per heavy atom. The molecule has 0 N–H and O–H groups in total. The molecular formula is C19H18O3. The summed E-state index contributed by atoms with van der Waals surface area (Å²) >= 11 is 0. The topological polar surface area (TPSA) is 43.4 Å². The number of carbonyl (C=O) groups excluding carboxylic acids is 2. The number of aryl methyl sites for hydroxylation is 2. The quantitative estimate of drug-likeness (QED) is 0.618. The number of ether oxygens (including phenoxy) is 1. The van der Waals surface area contributed by atoms with E-state index in [4.69, 9.17) is 4.74 Å². The second kappa shape index (κ2) is 6.85. The maximum absolute atomic E-state index is 12.2. The number of esters is 1. The van der Waals surface area contributed by atoms with Gasteiger partial charge in [0.2, 0.25) is 5.78 Å². The molecule has 22 heavy (non-hydrogen) atoms. The maximum atomic E-state index is 12.2. The van der Waals surface area contributed by atoms with E-state index in [0.717, 1.165) is 16.7 Å². The Kier molecular flexibility index (Phi) is 4.89. The van der Waals surface area contributed by atoms with E-state index >= 15 is 0 Å². The van der Waals surface area contributed by atoms with Crippen molar-refractivity contribution in [2.24, 2.45) is 0 Å². The number of benzene rings is 2.